The van der Waals surface area contributed by atoms with E-state index in [1.807, 2.05) is 29.0 Å². The average molecular weight is 222 g/mol. The highest BCUT2D eigenvalue weighted by Crippen LogP contribution is 2.09. The maximum absolute atomic E-state index is 9.09. The van der Waals surface area contributed by atoms with E-state index in [9.17, 15) is 0 Å². The Morgan fingerprint density at radius 3 is 3.19 bits per heavy atom. The molecule has 5 nitrogen and oxygen atoms in total. The summed E-state index contributed by atoms with van der Waals surface area (Å²) in [5.41, 5.74) is 1.68. The molecule has 1 N–H and O–H groups in total. The Morgan fingerprint density at radius 1 is 1.56 bits per heavy atom. The number of rotatable bonds is 5. The van der Waals surface area contributed by atoms with Gasteiger partial charge in [-0.15, -0.1) is 0 Å². The van der Waals surface area contributed by atoms with Gasteiger partial charge in [-0.05, 0) is 12.1 Å². The first-order valence-corrected chi connectivity index (χ1v) is 5.01. The molecule has 0 unspecified atom stereocenters. The third kappa shape index (κ3) is 2.32. The third-order valence-corrected chi connectivity index (χ3v) is 2.31. The van der Waals surface area contributed by atoms with Crippen molar-refractivity contribution >= 4 is 0 Å². The SMILES string of the molecule is COCc1cc(Cn2cccc2CO)no1. The van der Waals surface area contributed by atoms with Crippen molar-refractivity contribution in [2.24, 2.45) is 0 Å². The van der Waals surface area contributed by atoms with Gasteiger partial charge in [-0.1, -0.05) is 5.16 Å². The van der Waals surface area contributed by atoms with Crippen LogP contribution in [0.25, 0.3) is 0 Å². The number of hydrogen-bond donors (Lipinski definition) is 1. The summed E-state index contributed by atoms with van der Waals surface area (Å²) >= 11 is 0. The zero-order valence-corrected chi connectivity index (χ0v) is 9.09. The zero-order chi connectivity index (χ0) is 11.4. The monoisotopic (exact) mass is 222 g/mol. The van der Waals surface area contributed by atoms with Crippen LogP contribution in [0.15, 0.2) is 28.9 Å². The van der Waals surface area contributed by atoms with Crippen LogP contribution >= 0.6 is 0 Å². The van der Waals surface area contributed by atoms with Gasteiger partial charge in [0, 0.05) is 25.1 Å². The van der Waals surface area contributed by atoms with Crippen LogP contribution in [-0.4, -0.2) is 21.9 Å². The summed E-state index contributed by atoms with van der Waals surface area (Å²) < 4.78 is 11.9. The summed E-state index contributed by atoms with van der Waals surface area (Å²) in [4.78, 5) is 0. The van der Waals surface area contributed by atoms with Crippen molar-refractivity contribution in [1.29, 1.82) is 0 Å². The predicted octanol–water partition coefficient (Wildman–Crippen LogP) is 1.16. The molecule has 0 aliphatic carbocycles. The molecule has 2 aromatic rings. The molecule has 0 bridgehead atoms. The van der Waals surface area contributed by atoms with E-state index in [1.54, 1.807) is 7.11 Å². The molecule has 0 spiro atoms. The number of ether oxygens (including phenoxy) is 1. The fraction of sp³-hybridized carbons (Fsp3) is 0.364. The molecule has 0 aliphatic heterocycles. The highest BCUT2D eigenvalue weighted by Gasteiger charge is 2.06. The topological polar surface area (TPSA) is 60.4 Å². The van der Waals surface area contributed by atoms with Crippen molar-refractivity contribution in [2.45, 2.75) is 19.8 Å². The van der Waals surface area contributed by atoms with Crippen molar-refractivity contribution in [2.75, 3.05) is 7.11 Å². The van der Waals surface area contributed by atoms with Gasteiger partial charge >= 0.3 is 0 Å². The normalized spacial score (nSPS) is 10.9. The molecule has 0 aromatic carbocycles. The van der Waals surface area contributed by atoms with Crippen molar-refractivity contribution < 1.29 is 14.4 Å². The average Bonchev–Trinajstić information content (AvgIpc) is 2.89. The largest absolute Gasteiger partial charge is 0.390 e. The summed E-state index contributed by atoms with van der Waals surface area (Å²) in [6.07, 6.45) is 1.90. The van der Waals surface area contributed by atoms with E-state index >= 15 is 0 Å². The highest BCUT2D eigenvalue weighted by molar-refractivity contribution is 5.11. The Morgan fingerprint density at radius 2 is 2.44 bits per heavy atom. The summed E-state index contributed by atoms with van der Waals surface area (Å²) in [5, 5.41) is 13.0. The molecule has 5 heteroatoms. The van der Waals surface area contributed by atoms with Crippen LogP contribution in [0.3, 0.4) is 0 Å². The van der Waals surface area contributed by atoms with Crippen LogP contribution in [0.2, 0.25) is 0 Å². The Kier molecular flexibility index (Phi) is 3.38. The maximum atomic E-state index is 9.09. The van der Waals surface area contributed by atoms with Crippen LogP contribution in [0, 0.1) is 0 Å². The van der Waals surface area contributed by atoms with Gasteiger partial charge in [0.2, 0.25) is 0 Å². The van der Waals surface area contributed by atoms with E-state index in [1.165, 1.54) is 0 Å². The molecule has 2 heterocycles. The quantitative estimate of drug-likeness (QED) is 0.824. The molecule has 0 atom stereocenters. The lowest BCUT2D eigenvalue weighted by atomic mass is 10.3. The lowest BCUT2D eigenvalue weighted by molar-refractivity contribution is 0.155. The molecule has 0 fully saturated rings. The summed E-state index contributed by atoms with van der Waals surface area (Å²) in [6, 6.07) is 5.61. The highest BCUT2D eigenvalue weighted by atomic mass is 16.5. The molecule has 0 saturated carbocycles. The van der Waals surface area contributed by atoms with Gasteiger partial charge < -0.3 is 18.9 Å². The smallest absolute Gasteiger partial charge is 0.162 e. The van der Waals surface area contributed by atoms with Gasteiger partial charge in [-0.25, -0.2) is 0 Å². The molecule has 2 aromatic heterocycles. The lowest BCUT2D eigenvalue weighted by Crippen LogP contribution is -2.02. The second-order valence-corrected chi connectivity index (χ2v) is 3.50. The number of hydrogen-bond acceptors (Lipinski definition) is 4. The Bertz CT molecular complexity index is 448. The van der Waals surface area contributed by atoms with Crippen molar-refractivity contribution in [3.63, 3.8) is 0 Å². The van der Waals surface area contributed by atoms with E-state index in [4.69, 9.17) is 14.4 Å². The first kappa shape index (κ1) is 10.9. The number of nitrogens with zero attached hydrogens (tertiary/aromatic N) is 2. The lowest BCUT2D eigenvalue weighted by Gasteiger charge is -2.03. The molecular formula is C11H14N2O3. The first-order chi connectivity index (χ1) is 7.83. The van der Waals surface area contributed by atoms with Gasteiger partial charge in [0.25, 0.3) is 0 Å². The second-order valence-electron chi connectivity index (χ2n) is 3.50. The van der Waals surface area contributed by atoms with Crippen LogP contribution < -0.4 is 0 Å². The minimum atomic E-state index is 0.0236. The minimum absolute atomic E-state index is 0.0236. The van der Waals surface area contributed by atoms with E-state index < -0.39 is 0 Å². The first-order valence-electron chi connectivity index (χ1n) is 5.01. The van der Waals surface area contributed by atoms with Crippen LogP contribution in [0.4, 0.5) is 0 Å². The molecular weight excluding hydrogens is 208 g/mol. The molecule has 0 radical (unpaired) electrons. The van der Waals surface area contributed by atoms with Crippen LogP contribution in [-0.2, 0) is 24.5 Å². The van der Waals surface area contributed by atoms with Gasteiger partial charge in [0.1, 0.15) is 12.3 Å². The van der Waals surface area contributed by atoms with Gasteiger partial charge in [-0.3, -0.25) is 0 Å². The number of aromatic nitrogens is 2. The number of aliphatic hydroxyl groups excluding tert-OH is 1. The fourth-order valence-corrected chi connectivity index (χ4v) is 1.56. The van der Waals surface area contributed by atoms with Crippen molar-refractivity contribution in [3.8, 4) is 0 Å². The van der Waals surface area contributed by atoms with Gasteiger partial charge in [0.05, 0.1) is 13.2 Å². The summed E-state index contributed by atoms with van der Waals surface area (Å²) in [6.45, 7) is 1.04. The molecule has 86 valence electrons. The third-order valence-electron chi connectivity index (χ3n) is 2.31. The summed E-state index contributed by atoms with van der Waals surface area (Å²) in [7, 11) is 1.61. The standard InChI is InChI=1S/C11H14N2O3/c1-15-8-11-5-9(12-16-11)6-13-4-2-3-10(13)7-14/h2-5,14H,6-8H2,1H3. The van der Waals surface area contributed by atoms with E-state index in [-0.39, 0.29) is 6.61 Å². The Balaban J connectivity index is 2.08. The Hall–Kier alpha value is -1.59. The summed E-state index contributed by atoms with van der Waals surface area (Å²) in [5.74, 6) is 0.704. The number of methoxy groups -OCH3 is 1. The van der Waals surface area contributed by atoms with Crippen molar-refractivity contribution in [1.82, 2.24) is 9.72 Å². The predicted molar refractivity (Wildman–Crippen MR) is 56.7 cm³/mol. The minimum Gasteiger partial charge on any atom is -0.390 e. The van der Waals surface area contributed by atoms with E-state index in [2.05, 4.69) is 5.16 Å². The van der Waals surface area contributed by atoms with E-state index in [0.29, 0.717) is 18.9 Å². The van der Waals surface area contributed by atoms with E-state index in [0.717, 1.165) is 11.4 Å². The molecule has 0 amide bonds. The molecule has 0 saturated heterocycles. The van der Waals surface area contributed by atoms with Crippen LogP contribution in [0.5, 0.6) is 0 Å². The van der Waals surface area contributed by atoms with Crippen molar-refractivity contribution in [3.05, 3.63) is 41.5 Å². The van der Waals surface area contributed by atoms with Crippen LogP contribution in [0.1, 0.15) is 17.1 Å². The molecule has 2 rings (SSSR count). The van der Waals surface area contributed by atoms with Gasteiger partial charge in [-0.2, -0.15) is 0 Å². The van der Waals surface area contributed by atoms with Gasteiger partial charge in [0.15, 0.2) is 5.76 Å². The molecule has 16 heavy (non-hydrogen) atoms. The second kappa shape index (κ2) is 4.96. The maximum Gasteiger partial charge on any atom is 0.162 e. The Labute approximate surface area is 93.2 Å². The zero-order valence-electron chi connectivity index (χ0n) is 9.09. The number of aliphatic hydroxyl groups is 1. The fourth-order valence-electron chi connectivity index (χ4n) is 1.56. The molecule has 0 aliphatic rings.